The Labute approximate surface area is 157 Å². The van der Waals surface area contributed by atoms with E-state index in [1.807, 2.05) is 0 Å². The first kappa shape index (κ1) is 20.0. The zero-order chi connectivity index (χ0) is 20.0. The molecule has 2 aromatic rings. The maximum absolute atomic E-state index is 13.2. The molecule has 1 amide bonds. The number of aromatic nitrogens is 1. The highest BCUT2D eigenvalue weighted by Crippen LogP contribution is 2.18. The quantitative estimate of drug-likeness (QED) is 0.409. The SMILES string of the molecule is C=CCN(CC=C)C(=O)C(C(=O)c1ccc(F)cc1)n1cc(C)ccc1=O. The third-order valence-electron chi connectivity index (χ3n) is 3.99. The fourth-order valence-corrected chi connectivity index (χ4v) is 2.69. The summed E-state index contributed by atoms with van der Waals surface area (Å²) in [4.78, 5) is 40.0. The monoisotopic (exact) mass is 368 g/mol. The van der Waals surface area contributed by atoms with Crippen molar-refractivity contribution < 1.29 is 14.0 Å². The van der Waals surface area contributed by atoms with E-state index in [4.69, 9.17) is 0 Å². The van der Waals surface area contributed by atoms with Crippen molar-refractivity contribution in [1.29, 1.82) is 0 Å². The Kier molecular flexibility index (Phi) is 6.60. The average Bonchev–Trinajstić information content (AvgIpc) is 2.65. The van der Waals surface area contributed by atoms with Crippen LogP contribution in [-0.4, -0.2) is 34.2 Å². The van der Waals surface area contributed by atoms with Crippen LogP contribution in [0.3, 0.4) is 0 Å². The van der Waals surface area contributed by atoms with Gasteiger partial charge in [0.15, 0.2) is 11.8 Å². The van der Waals surface area contributed by atoms with Gasteiger partial charge in [-0.3, -0.25) is 19.0 Å². The number of benzene rings is 1. The first-order valence-corrected chi connectivity index (χ1v) is 8.38. The number of ketones is 1. The Morgan fingerprint density at radius 2 is 1.70 bits per heavy atom. The molecule has 2 rings (SSSR count). The fourth-order valence-electron chi connectivity index (χ4n) is 2.69. The van der Waals surface area contributed by atoms with E-state index in [0.717, 1.165) is 22.3 Å². The molecule has 140 valence electrons. The van der Waals surface area contributed by atoms with Gasteiger partial charge in [-0.2, -0.15) is 0 Å². The van der Waals surface area contributed by atoms with Crippen LogP contribution in [0.1, 0.15) is 22.0 Å². The number of hydrogen-bond acceptors (Lipinski definition) is 3. The average molecular weight is 368 g/mol. The maximum atomic E-state index is 13.2. The molecule has 1 atom stereocenters. The van der Waals surface area contributed by atoms with E-state index in [2.05, 4.69) is 13.2 Å². The van der Waals surface area contributed by atoms with Crippen molar-refractivity contribution in [2.75, 3.05) is 13.1 Å². The summed E-state index contributed by atoms with van der Waals surface area (Å²) in [6.45, 7) is 9.38. The molecule has 0 bridgehead atoms. The Morgan fingerprint density at radius 1 is 1.11 bits per heavy atom. The number of carbonyl (C=O) groups excluding carboxylic acids is 2. The van der Waals surface area contributed by atoms with E-state index < -0.39 is 29.1 Å². The molecule has 0 aliphatic carbocycles. The Balaban J connectivity index is 2.58. The Morgan fingerprint density at radius 3 is 2.26 bits per heavy atom. The van der Waals surface area contributed by atoms with Gasteiger partial charge in [0.25, 0.3) is 11.5 Å². The molecular formula is C21H21FN2O3. The minimum atomic E-state index is -1.40. The van der Waals surface area contributed by atoms with Crippen LogP contribution in [0.4, 0.5) is 4.39 Å². The van der Waals surface area contributed by atoms with E-state index in [1.54, 1.807) is 13.0 Å². The van der Waals surface area contributed by atoms with E-state index in [9.17, 15) is 18.8 Å². The molecule has 0 spiro atoms. The van der Waals surface area contributed by atoms with Crippen LogP contribution < -0.4 is 5.56 Å². The lowest BCUT2D eigenvalue weighted by molar-refractivity contribution is -0.132. The number of amides is 1. The van der Waals surface area contributed by atoms with Gasteiger partial charge in [0, 0.05) is 30.9 Å². The van der Waals surface area contributed by atoms with Gasteiger partial charge in [-0.1, -0.05) is 18.2 Å². The molecule has 1 aromatic heterocycles. The van der Waals surface area contributed by atoms with Crippen molar-refractivity contribution in [3.63, 3.8) is 0 Å². The number of Topliss-reactive ketones (excluding diaryl/α,β-unsaturated/α-hetero) is 1. The number of aryl methyl sites for hydroxylation is 1. The summed E-state index contributed by atoms with van der Waals surface area (Å²) < 4.78 is 14.3. The van der Waals surface area contributed by atoms with Gasteiger partial charge < -0.3 is 4.90 Å². The van der Waals surface area contributed by atoms with E-state index in [0.29, 0.717) is 0 Å². The first-order valence-electron chi connectivity index (χ1n) is 8.38. The van der Waals surface area contributed by atoms with Crippen LogP contribution in [0.15, 0.2) is 72.7 Å². The minimum absolute atomic E-state index is 0.139. The summed E-state index contributed by atoms with van der Waals surface area (Å²) in [7, 11) is 0. The summed E-state index contributed by atoms with van der Waals surface area (Å²) >= 11 is 0. The topological polar surface area (TPSA) is 59.4 Å². The third kappa shape index (κ3) is 4.67. The zero-order valence-corrected chi connectivity index (χ0v) is 15.1. The second-order valence-electron chi connectivity index (χ2n) is 6.05. The van der Waals surface area contributed by atoms with Crippen LogP contribution in [0.2, 0.25) is 0 Å². The number of pyridine rings is 1. The van der Waals surface area contributed by atoms with E-state index in [1.165, 1.54) is 41.4 Å². The van der Waals surface area contributed by atoms with Gasteiger partial charge >= 0.3 is 0 Å². The molecule has 1 aromatic carbocycles. The molecule has 0 saturated heterocycles. The van der Waals surface area contributed by atoms with Crippen molar-refractivity contribution in [2.24, 2.45) is 0 Å². The molecule has 0 fully saturated rings. The molecule has 1 unspecified atom stereocenters. The molecule has 0 saturated carbocycles. The molecule has 5 nitrogen and oxygen atoms in total. The largest absolute Gasteiger partial charge is 0.333 e. The summed E-state index contributed by atoms with van der Waals surface area (Å²) in [6.07, 6.45) is 4.52. The van der Waals surface area contributed by atoms with Gasteiger partial charge in [0.1, 0.15) is 5.82 Å². The molecule has 0 N–H and O–H groups in total. The van der Waals surface area contributed by atoms with Crippen LogP contribution in [0.5, 0.6) is 0 Å². The molecule has 27 heavy (non-hydrogen) atoms. The van der Waals surface area contributed by atoms with E-state index in [-0.39, 0.29) is 18.7 Å². The number of rotatable bonds is 8. The molecule has 0 radical (unpaired) electrons. The van der Waals surface area contributed by atoms with Crippen LogP contribution in [-0.2, 0) is 4.79 Å². The number of nitrogens with zero attached hydrogens (tertiary/aromatic N) is 2. The molecule has 0 aliphatic heterocycles. The smallest absolute Gasteiger partial charge is 0.254 e. The summed E-state index contributed by atoms with van der Waals surface area (Å²) in [5.74, 6) is -1.65. The predicted molar refractivity (Wildman–Crippen MR) is 102 cm³/mol. The molecule has 0 aliphatic rings. The molecular weight excluding hydrogens is 347 g/mol. The third-order valence-corrected chi connectivity index (χ3v) is 3.99. The normalized spacial score (nSPS) is 11.5. The highest BCUT2D eigenvalue weighted by Gasteiger charge is 2.33. The van der Waals surface area contributed by atoms with Gasteiger partial charge in [-0.05, 0) is 36.8 Å². The van der Waals surface area contributed by atoms with Crippen molar-refractivity contribution in [1.82, 2.24) is 9.47 Å². The number of carbonyl (C=O) groups is 2. The van der Waals surface area contributed by atoms with Crippen molar-refractivity contribution in [3.8, 4) is 0 Å². The molecule has 1 heterocycles. The van der Waals surface area contributed by atoms with Gasteiger partial charge in [0.05, 0.1) is 0 Å². The number of halogens is 1. The lowest BCUT2D eigenvalue weighted by Gasteiger charge is -2.26. The van der Waals surface area contributed by atoms with Crippen LogP contribution >= 0.6 is 0 Å². The zero-order valence-electron chi connectivity index (χ0n) is 15.1. The van der Waals surface area contributed by atoms with Crippen LogP contribution in [0.25, 0.3) is 0 Å². The second kappa shape index (κ2) is 8.89. The second-order valence-corrected chi connectivity index (χ2v) is 6.05. The summed E-state index contributed by atoms with van der Waals surface area (Å²) in [5, 5.41) is 0. The van der Waals surface area contributed by atoms with Crippen LogP contribution in [0, 0.1) is 12.7 Å². The summed E-state index contributed by atoms with van der Waals surface area (Å²) in [6, 6.07) is 6.38. The Hall–Kier alpha value is -3.28. The van der Waals surface area contributed by atoms with E-state index >= 15 is 0 Å². The van der Waals surface area contributed by atoms with Gasteiger partial charge in [0.2, 0.25) is 0 Å². The highest BCUT2D eigenvalue weighted by atomic mass is 19.1. The minimum Gasteiger partial charge on any atom is -0.333 e. The lowest BCUT2D eigenvalue weighted by Crippen LogP contribution is -2.44. The van der Waals surface area contributed by atoms with Crippen molar-refractivity contribution in [2.45, 2.75) is 13.0 Å². The molecule has 6 heteroatoms. The lowest BCUT2D eigenvalue weighted by atomic mass is 10.0. The summed E-state index contributed by atoms with van der Waals surface area (Å²) in [5.41, 5.74) is 0.380. The van der Waals surface area contributed by atoms with Gasteiger partial charge in [-0.15, -0.1) is 13.2 Å². The van der Waals surface area contributed by atoms with Crippen molar-refractivity contribution >= 4 is 11.7 Å². The standard InChI is InChI=1S/C21H21FN2O3/c1-4-12-23(13-5-2)21(27)19(24-14-15(3)6-11-18(24)25)20(26)16-7-9-17(22)10-8-16/h4-11,14,19H,1-2,12-13H2,3H3. The van der Waals surface area contributed by atoms with Crippen molar-refractivity contribution in [3.05, 3.63) is 95.2 Å². The first-order chi connectivity index (χ1) is 12.9. The Bertz CT molecular complexity index is 906. The number of hydrogen-bond donors (Lipinski definition) is 0. The highest BCUT2D eigenvalue weighted by molar-refractivity contribution is 6.11. The fraction of sp³-hybridized carbons (Fsp3) is 0.190. The maximum Gasteiger partial charge on any atom is 0.254 e. The van der Waals surface area contributed by atoms with Gasteiger partial charge in [-0.25, -0.2) is 4.39 Å². The predicted octanol–water partition coefficient (Wildman–Crippen LogP) is 2.92.